The van der Waals surface area contributed by atoms with Gasteiger partial charge in [0.25, 0.3) is 0 Å². The SMILES string of the molecule is NC1(c2nc(C3(c4ccccc4)CC3)no2)CCCCC1. The molecule has 0 bridgehead atoms. The largest absolute Gasteiger partial charge is 0.337 e. The highest BCUT2D eigenvalue weighted by Gasteiger charge is 2.50. The van der Waals surface area contributed by atoms with Crippen LogP contribution in [-0.4, -0.2) is 10.1 Å². The lowest BCUT2D eigenvalue weighted by Gasteiger charge is -2.29. The topological polar surface area (TPSA) is 64.9 Å². The van der Waals surface area contributed by atoms with Crippen LogP contribution in [0.1, 0.15) is 62.2 Å². The summed E-state index contributed by atoms with van der Waals surface area (Å²) in [5.74, 6) is 1.46. The van der Waals surface area contributed by atoms with E-state index >= 15 is 0 Å². The highest BCUT2D eigenvalue weighted by Crippen LogP contribution is 2.52. The summed E-state index contributed by atoms with van der Waals surface area (Å²) in [7, 11) is 0. The predicted molar refractivity (Wildman–Crippen MR) is 79.7 cm³/mol. The van der Waals surface area contributed by atoms with Gasteiger partial charge in [0.2, 0.25) is 5.89 Å². The van der Waals surface area contributed by atoms with Crippen molar-refractivity contribution < 1.29 is 4.52 Å². The number of rotatable bonds is 3. The quantitative estimate of drug-likeness (QED) is 0.939. The van der Waals surface area contributed by atoms with E-state index in [0.717, 1.165) is 44.3 Å². The molecule has 0 atom stereocenters. The van der Waals surface area contributed by atoms with Crippen molar-refractivity contribution >= 4 is 0 Å². The number of hydrogen-bond acceptors (Lipinski definition) is 4. The predicted octanol–water partition coefficient (Wildman–Crippen LogP) is 3.27. The second-order valence-electron chi connectivity index (χ2n) is 6.59. The molecule has 2 saturated carbocycles. The molecule has 4 rings (SSSR count). The Labute approximate surface area is 124 Å². The fourth-order valence-electron chi connectivity index (χ4n) is 3.54. The maximum absolute atomic E-state index is 6.50. The average Bonchev–Trinajstić information content (AvgIpc) is 3.18. The van der Waals surface area contributed by atoms with Crippen molar-refractivity contribution in [2.75, 3.05) is 0 Å². The van der Waals surface area contributed by atoms with Crippen LogP contribution in [0.4, 0.5) is 0 Å². The van der Waals surface area contributed by atoms with Crippen LogP contribution in [0.3, 0.4) is 0 Å². The van der Waals surface area contributed by atoms with Crippen molar-refractivity contribution in [3.05, 3.63) is 47.6 Å². The lowest BCUT2D eigenvalue weighted by molar-refractivity contribution is 0.219. The van der Waals surface area contributed by atoms with Gasteiger partial charge >= 0.3 is 0 Å². The third-order valence-electron chi connectivity index (χ3n) is 5.10. The molecule has 2 fully saturated rings. The van der Waals surface area contributed by atoms with E-state index < -0.39 is 5.54 Å². The number of hydrogen-bond donors (Lipinski definition) is 1. The van der Waals surface area contributed by atoms with E-state index in [1.165, 1.54) is 12.0 Å². The zero-order valence-electron chi connectivity index (χ0n) is 12.2. The van der Waals surface area contributed by atoms with Gasteiger partial charge in [-0.05, 0) is 31.2 Å². The summed E-state index contributed by atoms with van der Waals surface area (Å²) in [6, 6.07) is 10.5. The van der Waals surface area contributed by atoms with Crippen molar-refractivity contribution in [3.63, 3.8) is 0 Å². The molecule has 2 N–H and O–H groups in total. The van der Waals surface area contributed by atoms with Crippen LogP contribution in [0, 0.1) is 0 Å². The molecule has 2 aromatic rings. The van der Waals surface area contributed by atoms with Crippen molar-refractivity contribution in [1.82, 2.24) is 10.1 Å². The van der Waals surface area contributed by atoms with Crippen LogP contribution >= 0.6 is 0 Å². The van der Waals surface area contributed by atoms with Crippen LogP contribution in [-0.2, 0) is 11.0 Å². The molecular formula is C17H21N3O. The van der Waals surface area contributed by atoms with Crippen molar-refractivity contribution in [2.24, 2.45) is 5.73 Å². The van der Waals surface area contributed by atoms with Crippen LogP contribution in [0.2, 0.25) is 0 Å². The Bertz CT molecular complexity index is 624. The van der Waals surface area contributed by atoms with Gasteiger partial charge in [0.15, 0.2) is 5.82 Å². The first-order chi connectivity index (χ1) is 10.2. The third kappa shape index (κ3) is 2.09. The Morgan fingerprint density at radius 3 is 2.33 bits per heavy atom. The molecule has 0 radical (unpaired) electrons. The van der Waals surface area contributed by atoms with Crippen LogP contribution in [0.25, 0.3) is 0 Å². The van der Waals surface area contributed by atoms with Gasteiger partial charge in [0.05, 0.1) is 11.0 Å². The highest BCUT2D eigenvalue weighted by molar-refractivity contribution is 5.38. The van der Waals surface area contributed by atoms with E-state index in [4.69, 9.17) is 15.2 Å². The summed E-state index contributed by atoms with van der Waals surface area (Å²) in [6.45, 7) is 0. The first-order valence-corrected chi connectivity index (χ1v) is 7.92. The molecule has 0 spiro atoms. The minimum atomic E-state index is -0.406. The van der Waals surface area contributed by atoms with E-state index in [9.17, 15) is 0 Å². The second kappa shape index (κ2) is 4.67. The first-order valence-electron chi connectivity index (χ1n) is 7.92. The summed E-state index contributed by atoms with van der Waals surface area (Å²) in [5.41, 5.74) is 7.34. The average molecular weight is 283 g/mol. The Morgan fingerprint density at radius 2 is 1.67 bits per heavy atom. The molecule has 0 saturated heterocycles. The number of nitrogens with zero attached hydrogens (tertiary/aromatic N) is 2. The number of benzene rings is 1. The van der Waals surface area contributed by atoms with Gasteiger partial charge in [-0.3, -0.25) is 0 Å². The fourth-order valence-corrected chi connectivity index (χ4v) is 3.54. The molecular weight excluding hydrogens is 262 g/mol. The van der Waals surface area contributed by atoms with Gasteiger partial charge in [-0.15, -0.1) is 0 Å². The molecule has 110 valence electrons. The maximum Gasteiger partial charge on any atom is 0.246 e. The molecule has 21 heavy (non-hydrogen) atoms. The molecule has 2 aliphatic carbocycles. The Kier molecular flexibility index (Phi) is 2.89. The van der Waals surface area contributed by atoms with Gasteiger partial charge in [-0.25, -0.2) is 0 Å². The maximum atomic E-state index is 6.50. The number of nitrogens with two attached hydrogens (primary N) is 1. The Morgan fingerprint density at radius 1 is 0.952 bits per heavy atom. The summed E-state index contributed by atoms with van der Waals surface area (Å²) in [5, 5.41) is 4.28. The lowest BCUT2D eigenvalue weighted by Crippen LogP contribution is -2.39. The van der Waals surface area contributed by atoms with Crippen LogP contribution < -0.4 is 5.73 Å². The molecule has 0 unspecified atom stereocenters. The van der Waals surface area contributed by atoms with Crippen molar-refractivity contribution in [2.45, 2.75) is 55.9 Å². The monoisotopic (exact) mass is 283 g/mol. The molecule has 0 aliphatic heterocycles. The zero-order valence-corrected chi connectivity index (χ0v) is 12.2. The van der Waals surface area contributed by atoms with Gasteiger partial charge in [-0.1, -0.05) is 54.8 Å². The van der Waals surface area contributed by atoms with Crippen LogP contribution in [0.15, 0.2) is 34.9 Å². The molecule has 4 heteroatoms. The molecule has 1 heterocycles. The summed E-state index contributed by atoms with van der Waals surface area (Å²) >= 11 is 0. The third-order valence-corrected chi connectivity index (χ3v) is 5.10. The molecule has 2 aliphatic rings. The standard InChI is InChI=1S/C17H21N3O/c18-17(9-5-2-6-10-17)15-19-14(20-21-15)16(11-12-16)13-7-3-1-4-8-13/h1,3-4,7-8H,2,5-6,9-12,18H2. The summed E-state index contributed by atoms with van der Waals surface area (Å²) in [4.78, 5) is 4.71. The second-order valence-corrected chi connectivity index (χ2v) is 6.59. The van der Waals surface area contributed by atoms with Crippen molar-refractivity contribution in [3.8, 4) is 0 Å². The molecule has 0 amide bonds. The van der Waals surface area contributed by atoms with Crippen LogP contribution in [0.5, 0.6) is 0 Å². The first kappa shape index (κ1) is 13.0. The number of aromatic nitrogens is 2. The molecule has 1 aromatic carbocycles. The smallest absolute Gasteiger partial charge is 0.246 e. The highest BCUT2D eigenvalue weighted by atomic mass is 16.5. The minimum Gasteiger partial charge on any atom is -0.337 e. The summed E-state index contributed by atoms with van der Waals surface area (Å²) in [6.07, 6.45) is 7.64. The molecule has 4 nitrogen and oxygen atoms in total. The van der Waals surface area contributed by atoms with E-state index in [2.05, 4.69) is 29.4 Å². The summed E-state index contributed by atoms with van der Waals surface area (Å²) < 4.78 is 5.57. The minimum absolute atomic E-state index is 0.0337. The Hall–Kier alpha value is -1.68. The van der Waals surface area contributed by atoms with E-state index in [-0.39, 0.29) is 5.41 Å². The van der Waals surface area contributed by atoms with Gasteiger partial charge < -0.3 is 10.3 Å². The normalized spacial score (nSPS) is 22.9. The zero-order chi connectivity index (χ0) is 14.3. The Balaban J connectivity index is 1.66. The lowest BCUT2D eigenvalue weighted by atomic mass is 9.82. The fraction of sp³-hybridized carbons (Fsp3) is 0.529. The van der Waals surface area contributed by atoms with E-state index in [1.807, 2.05) is 6.07 Å². The van der Waals surface area contributed by atoms with E-state index in [1.54, 1.807) is 0 Å². The van der Waals surface area contributed by atoms with Gasteiger partial charge in [-0.2, -0.15) is 4.98 Å². The van der Waals surface area contributed by atoms with Crippen molar-refractivity contribution in [1.29, 1.82) is 0 Å². The van der Waals surface area contributed by atoms with Gasteiger partial charge in [0, 0.05) is 0 Å². The van der Waals surface area contributed by atoms with E-state index in [0.29, 0.717) is 5.89 Å². The van der Waals surface area contributed by atoms with Gasteiger partial charge in [0.1, 0.15) is 0 Å². The molecule has 1 aromatic heterocycles.